The number of aromatic nitrogens is 5. The molecule has 378 valence electrons. The zero-order chi connectivity index (χ0) is 50.2. The summed E-state index contributed by atoms with van der Waals surface area (Å²) < 4.78 is 41.7. The van der Waals surface area contributed by atoms with Gasteiger partial charge in [-0.15, -0.1) is 11.3 Å². The molecule has 0 bridgehead atoms. The van der Waals surface area contributed by atoms with Gasteiger partial charge in [-0.2, -0.15) is 0 Å². The highest BCUT2D eigenvalue weighted by Gasteiger charge is 2.51. The first-order chi connectivity index (χ1) is 34.7. The van der Waals surface area contributed by atoms with Gasteiger partial charge in [-0.1, -0.05) is 19.9 Å². The van der Waals surface area contributed by atoms with E-state index < -0.39 is 36.3 Å². The van der Waals surface area contributed by atoms with Crippen molar-refractivity contribution in [2.45, 2.75) is 115 Å². The first-order valence-electron chi connectivity index (χ1n) is 25.0. The second-order valence-corrected chi connectivity index (χ2v) is 21.6. The van der Waals surface area contributed by atoms with Crippen molar-refractivity contribution < 1.29 is 42.5 Å². The Bertz CT molecular complexity index is 3080. The van der Waals surface area contributed by atoms with Crippen molar-refractivity contribution in [3.63, 3.8) is 0 Å². The summed E-state index contributed by atoms with van der Waals surface area (Å²) in [5, 5.41) is 6.45. The van der Waals surface area contributed by atoms with Crippen LogP contribution < -0.4 is 15.4 Å². The van der Waals surface area contributed by atoms with Crippen molar-refractivity contribution in [1.29, 1.82) is 0 Å². The summed E-state index contributed by atoms with van der Waals surface area (Å²) in [6, 6.07) is 11.4. The molecule has 6 aromatic rings. The van der Waals surface area contributed by atoms with E-state index in [0.29, 0.717) is 72.5 Å². The fourth-order valence-corrected chi connectivity index (χ4v) is 12.5. The minimum Gasteiger partial charge on any atom is -0.464 e. The Kier molecular flexibility index (Phi) is 12.4. The van der Waals surface area contributed by atoms with Gasteiger partial charge in [0, 0.05) is 41.1 Å². The summed E-state index contributed by atoms with van der Waals surface area (Å²) in [7, 11) is 2.58. The Labute approximate surface area is 420 Å². The van der Waals surface area contributed by atoms with E-state index >= 15 is 4.39 Å². The molecule has 1 spiro atoms. The zero-order valence-electron chi connectivity index (χ0n) is 41.3. The summed E-state index contributed by atoms with van der Waals surface area (Å²) in [4.78, 5) is 75.2. The molecule has 17 nitrogen and oxygen atoms in total. The van der Waals surface area contributed by atoms with Crippen molar-refractivity contribution in [1.82, 2.24) is 44.9 Å². The molecule has 2 unspecified atom stereocenters. The maximum absolute atomic E-state index is 17.0. The molecule has 72 heavy (non-hydrogen) atoms. The molecule has 19 heteroatoms. The number of H-pyrrole nitrogens is 2. The molecule has 2 aromatic carbocycles. The first-order valence-corrected chi connectivity index (χ1v) is 25.8. The quantitative estimate of drug-likeness (QED) is 0.0971. The molecule has 4 amide bonds. The Morgan fingerprint density at radius 3 is 2.15 bits per heavy atom. The predicted octanol–water partition coefficient (Wildman–Crippen LogP) is 9.24. The second-order valence-electron chi connectivity index (χ2n) is 20.4. The number of thiophene rings is 1. The van der Waals surface area contributed by atoms with Crippen molar-refractivity contribution in [3.8, 4) is 39.5 Å². The van der Waals surface area contributed by atoms with Gasteiger partial charge in [0.15, 0.2) is 0 Å². The molecular weight excluding hydrogens is 942 g/mol. The molecule has 4 aliphatic heterocycles. The first kappa shape index (κ1) is 47.6. The minimum atomic E-state index is -0.772. The lowest BCUT2D eigenvalue weighted by atomic mass is 9.86. The van der Waals surface area contributed by atoms with Crippen molar-refractivity contribution in [2.75, 3.05) is 33.9 Å². The van der Waals surface area contributed by atoms with E-state index in [0.717, 1.165) is 76.0 Å². The molecule has 11 rings (SSSR count). The van der Waals surface area contributed by atoms with Crippen molar-refractivity contribution >= 4 is 46.2 Å². The fraction of sp³-hybridized carbons (Fsp3) is 0.472. The van der Waals surface area contributed by atoms with E-state index in [9.17, 15) is 19.2 Å². The molecule has 4 aromatic heterocycles. The van der Waals surface area contributed by atoms with Gasteiger partial charge < -0.3 is 49.3 Å². The van der Waals surface area contributed by atoms with E-state index in [1.807, 2.05) is 43.0 Å². The molecule has 4 fully saturated rings. The van der Waals surface area contributed by atoms with Crippen LogP contribution >= 0.6 is 11.3 Å². The van der Waals surface area contributed by atoms with Gasteiger partial charge in [0.1, 0.15) is 35.3 Å². The number of nitrogens with one attached hydrogen (secondary N) is 4. The fourth-order valence-electron chi connectivity index (χ4n) is 11.4. The normalized spacial score (nSPS) is 21.8. The van der Waals surface area contributed by atoms with E-state index in [1.54, 1.807) is 28.6 Å². The smallest absolute Gasteiger partial charge is 0.407 e. The van der Waals surface area contributed by atoms with E-state index in [-0.39, 0.29) is 41.3 Å². The highest BCUT2D eigenvalue weighted by Crippen LogP contribution is 2.50. The molecule has 3 saturated heterocycles. The maximum atomic E-state index is 17.0. The largest absolute Gasteiger partial charge is 0.464 e. The van der Waals surface area contributed by atoms with Crippen molar-refractivity contribution in [2.24, 2.45) is 11.8 Å². The van der Waals surface area contributed by atoms with Crippen LogP contribution in [0.25, 0.3) is 44.7 Å². The molecule has 1 saturated carbocycles. The Hall–Kier alpha value is -6.73. The van der Waals surface area contributed by atoms with Crippen LogP contribution in [-0.4, -0.2) is 110 Å². The third-order valence-corrected chi connectivity index (χ3v) is 16.7. The number of nitrogens with zero attached hydrogens (tertiary/aromatic N) is 5. The Morgan fingerprint density at radius 1 is 0.847 bits per heavy atom. The number of aryl methyl sites for hydroxylation is 2. The second kappa shape index (κ2) is 18.7. The van der Waals surface area contributed by atoms with Gasteiger partial charge in [0.05, 0.1) is 77.3 Å². The molecule has 8 heterocycles. The van der Waals surface area contributed by atoms with E-state index in [2.05, 4.69) is 51.1 Å². The molecular formula is C53H60FN9O8S. The maximum Gasteiger partial charge on any atom is 0.407 e. The Balaban J connectivity index is 0.887. The van der Waals surface area contributed by atoms with Crippen LogP contribution in [0.4, 0.5) is 14.0 Å². The number of rotatable bonds is 11. The van der Waals surface area contributed by atoms with Gasteiger partial charge in [-0.3, -0.25) is 14.2 Å². The lowest BCUT2D eigenvalue weighted by molar-refractivity contribution is -0.138. The van der Waals surface area contributed by atoms with Gasteiger partial charge in [-0.05, 0) is 119 Å². The van der Waals surface area contributed by atoms with Crippen LogP contribution in [0.2, 0.25) is 0 Å². The minimum absolute atomic E-state index is 0.0669. The number of benzene rings is 2. The predicted molar refractivity (Wildman–Crippen MR) is 267 cm³/mol. The van der Waals surface area contributed by atoms with Crippen LogP contribution in [0.3, 0.4) is 0 Å². The lowest BCUT2D eigenvalue weighted by Gasteiger charge is -2.37. The number of alkyl carbamates (subject to hydrolysis) is 2. The highest BCUT2D eigenvalue weighted by atomic mass is 32.1. The third-order valence-electron chi connectivity index (χ3n) is 15.5. The van der Waals surface area contributed by atoms with Crippen LogP contribution in [0.5, 0.6) is 5.75 Å². The average molecular weight is 1000 g/mol. The van der Waals surface area contributed by atoms with Crippen LogP contribution in [0, 0.1) is 31.5 Å². The number of ether oxygens (including phenoxy) is 4. The number of aromatic amines is 2. The highest BCUT2D eigenvalue weighted by molar-refractivity contribution is 7.12. The number of carbonyl (C=O) groups is 4. The zero-order valence-corrected chi connectivity index (χ0v) is 42.1. The number of amides is 4. The van der Waals surface area contributed by atoms with Crippen molar-refractivity contribution in [3.05, 3.63) is 87.6 Å². The van der Waals surface area contributed by atoms with Gasteiger partial charge >= 0.3 is 12.2 Å². The van der Waals surface area contributed by atoms with Crippen LogP contribution in [-0.2, 0) is 23.8 Å². The molecule has 4 N–H and O–H groups in total. The van der Waals surface area contributed by atoms with E-state index in [1.165, 1.54) is 20.3 Å². The summed E-state index contributed by atoms with van der Waals surface area (Å²) in [5.74, 6) is 0.573. The Morgan fingerprint density at radius 2 is 1.51 bits per heavy atom. The number of likely N-dealkylation sites (tertiary alicyclic amines) is 2. The number of imidazole rings is 2. The SMILES string of the molecule is COC(=O)N[C@H](C(=O)N1CCC[C@H]1c1ncc(-c2cc(F)c3c(c2)OC(c2cc(C)c(C)s2)n2c-3cc3cc(-c4cnc([C@@H]5CCCN5C(=O)[C@@H](NC(=O)OC)C5CCOC6(CC6)C5)[nH]4)ccc32)[nH]1)C(C)C. The van der Waals surface area contributed by atoms with Crippen LogP contribution in [0.1, 0.15) is 110 Å². The lowest BCUT2D eigenvalue weighted by Crippen LogP contribution is -2.54. The monoisotopic (exact) mass is 1000 g/mol. The van der Waals surface area contributed by atoms with Gasteiger partial charge in [0.25, 0.3) is 0 Å². The average Bonchev–Trinajstić information content (AvgIpc) is 4.14. The molecule has 5 aliphatic rings. The summed E-state index contributed by atoms with van der Waals surface area (Å²) in [6.07, 6.45) is 7.85. The van der Waals surface area contributed by atoms with E-state index in [4.69, 9.17) is 28.9 Å². The number of hydrogen-bond acceptors (Lipinski definition) is 11. The summed E-state index contributed by atoms with van der Waals surface area (Å²) in [5.41, 5.74) is 5.59. The summed E-state index contributed by atoms with van der Waals surface area (Å²) in [6.45, 7) is 9.51. The number of halogens is 1. The topological polar surface area (TPSA) is 198 Å². The van der Waals surface area contributed by atoms with Gasteiger partial charge in [-0.25, -0.2) is 23.9 Å². The molecule has 0 radical (unpaired) electrons. The number of hydrogen-bond donors (Lipinski definition) is 4. The van der Waals surface area contributed by atoms with Gasteiger partial charge in [0.2, 0.25) is 18.0 Å². The standard InChI is InChI=1S/C53H60FN9O8S/c1-27(2)44(59-51(66)68-5)48(64)61-16-7-9-38(61)47-56-26-36(58-47)32-21-34(54)43-40-22-33-20-30(11-12-37(33)63(40)50(71-41(43)23-32)42-19-28(3)29(4)72-42)35-25-55-46(57-35)39-10-8-17-62(39)49(65)45(60-52(67)69-6)31-13-18-70-53(24-31)14-15-53/h11-12,19-23,25-27,31,38-39,44-45,50H,7-10,13-18,24H2,1-6H3,(H,55,57)(H,56,58)(H,59,66)(H,60,67)/t31?,38-,39-,44-,45-,50?/m0/s1. The molecule has 6 atom stereocenters. The summed E-state index contributed by atoms with van der Waals surface area (Å²) >= 11 is 1.65. The number of fused-ring (bicyclic) bond motifs is 5. The number of methoxy groups -OCH3 is 2. The number of carbonyl (C=O) groups excluding carboxylic acids is 4. The molecule has 1 aliphatic carbocycles. The third kappa shape index (κ3) is 8.56. The van der Waals surface area contributed by atoms with Crippen LogP contribution in [0.15, 0.2) is 54.9 Å².